The molecule has 0 heterocycles. The second-order valence-electron chi connectivity index (χ2n) is 5.67. The molecule has 3 heteroatoms. The second-order valence-corrected chi connectivity index (χ2v) is 5.67. The largest absolute Gasteiger partial charge is 0.491 e. The maximum atomic E-state index is 12.0. The summed E-state index contributed by atoms with van der Waals surface area (Å²) in [5, 5.41) is 2.87. The molecule has 0 saturated carbocycles. The van der Waals surface area contributed by atoms with Crippen LogP contribution < -0.4 is 10.1 Å². The first-order valence-corrected chi connectivity index (χ1v) is 7.53. The van der Waals surface area contributed by atoms with Crippen molar-refractivity contribution in [2.45, 2.75) is 27.7 Å². The number of benzene rings is 2. The van der Waals surface area contributed by atoms with Gasteiger partial charge in [-0.1, -0.05) is 23.8 Å². The summed E-state index contributed by atoms with van der Waals surface area (Å²) in [7, 11) is 0. The van der Waals surface area contributed by atoms with Crippen LogP contribution in [0.2, 0.25) is 0 Å². The molecule has 2 aromatic rings. The van der Waals surface area contributed by atoms with Crippen molar-refractivity contribution < 1.29 is 9.53 Å². The molecule has 0 atom stereocenters. The Morgan fingerprint density at radius 1 is 0.955 bits per heavy atom. The minimum Gasteiger partial charge on any atom is -0.491 e. The number of rotatable bonds is 5. The van der Waals surface area contributed by atoms with Gasteiger partial charge in [-0.05, 0) is 62.6 Å². The van der Waals surface area contributed by atoms with Crippen LogP contribution in [0.15, 0.2) is 36.4 Å². The number of nitrogens with one attached hydrogen (secondary N) is 1. The molecule has 0 bridgehead atoms. The van der Waals surface area contributed by atoms with Crippen LogP contribution in [0.5, 0.6) is 5.75 Å². The number of amides is 1. The average molecular weight is 297 g/mol. The molecule has 0 aromatic heterocycles. The highest BCUT2D eigenvalue weighted by Gasteiger charge is 2.05. The van der Waals surface area contributed by atoms with Gasteiger partial charge in [0.1, 0.15) is 12.4 Å². The highest BCUT2D eigenvalue weighted by molar-refractivity contribution is 5.94. The molecular weight excluding hydrogens is 274 g/mol. The molecule has 0 aliphatic heterocycles. The molecule has 3 nitrogen and oxygen atoms in total. The molecule has 0 aliphatic rings. The minimum atomic E-state index is -0.0691. The van der Waals surface area contributed by atoms with Crippen molar-refractivity contribution >= 4 is 5.91 Å². The molecule has 1 amide bonds. The van der Waals surface area contributed by atoms with Gasteiger partial charge in [-0.15, -0.1) is 0 Å². The van der Waals surface area contributed by atoms with Gasteiger partial charge in [0.2, 0.25) is 0 Å². The third-order valence-corrected chi connectivity index (χ3v) is 3.75. The van der Waals surface area contributed by atoms with Gasteiger partial charge >= 0.3 is 0 Å². The Balaban J connectivity index is 1.83. The predicted molar refractivity (Wildman–Crippen MR) is 89.7 cm³/mol. The number of carbonyl (C=O) groups is 1. The van der Waals surface area contributed by atoms with Gasteiger partial charge in [0, 0.05) is 5.56 Å². The Bertz CT molecular complexity index is 660. The number of hydrogen-bond acceptors (Lipinski definition) is 2. The average Bonchev–Trinajstić information content (AvgIpc) is 2.49. The number of hydrogen-bond donors (Lipinski definition) is 1. The molecule has 1 N–H and O–H groups in total. The molecule has 2 rings (SSSR count). The maximum Gasteiger partial charge on any atom is 0.251 e. The van der Waals surface area contributed by atoms with E-state index in [4.69, 9.17) is 4.74 Å². The Hall–Kier alpha value is -2.29. The van der Waals surface area contributed by atoms with E-state index in [1.165, 1.54) is 11.1 Å². The lowest BCUT2D eigenvalue weighted by atomic mass is 10.1. The van der Waals surface area contributed by atoms with E-state index >= 15 is 0 Å². The molecule has 0 saturated heterocycles. The Labute approximate surface area is 132 Å². The minimum absolute atomic E-state index is 0.0691. The third kappa shape index (κ3) is 4.10. The van der Waals surface area contributed by atoms with Crippen molar-refractivity contribution in [2.75, 3.05) is 13.2 Å². The van der Waals surface area contributed by atoms with Crippen LogP contribution in [0, 0.1) is 27.7 Å². The quantitative estimate of drug-likeness (QED) is 0.854. The highest BCUT2D eigenvalue weighted by Crippen LogP contribution is 2.22. The first-order chi connectivity index (χ1) is 10.5. The molecular formula is C19H23NO2. The summed E-state index contributed by atoms with van der Waals surface area (Å²) in [6.07, 6.45) is 0. The fourth-order valence-electron chi connectivity index (χ4n) is 2.22. The Morgan fingerprint density at radius 3 is 2.27 bits per heavy atom. The van der Waals surface area contributed by atoms with E-state index in [1.807, 2.05) is 44.2 Å². The van der Waals surface area contributed by atoms with E-state index in [1.54, 1.807) is 0 Å². The van der Waals surface area contributed by atoms with Crippen molar-refractivity contribution in [3.63, 3.8) is 0 Å². The number of carbonyl (C=O) groups excluding carboxylic acids is 1. The van der Waals surface area contributed by atoms with Gasteiger partial charge in [0.15, 0.2) is 0 Å². The summed E-state index contributed by atoms with van der Waals surface area (Å²) in [6, 6.07) is 11.7. The van der Waals surface area contributed by atoms with Crippen LogP contribution in [-0.2, 0) is 0 Å². The summed E-state index contributed by atoms with van der Waals surface area (Å²) in [6.45, 7) is 9.14. The smallest absolute Gasteiger partial charge is 0.251 e. The summed E-state index contributed by atoms with van der Waals surface area (Å²) in [4.78, 5) is 12.0. The maximum absolute atomic E-state index is 12.0. The predicted octanol–water partition coefficient (Wildman–Crippen LogP) is 3.73. The van der Waals surface area contributed by atoms with Crippen LogP contribution in [0.25, 0.3) is 0 Å². The van der Waals surface area contributed by atoms with E-state index in [0.717, 1.165) is 16.9 Å². The second kappa shape index (κ2) is 7.12. The molecule has 0 unspecified atom stereocenters. The van der Waals surface area contributed by atoms with E-state index in [2.05, 4.69) is 25.2 Å². The van der Waals surface area contributed by atoms with Gasteiger partial charge in [0.05, 0.1) is 6.54 Å². The van der Waals surface area contributed by atoms with Gasteiger partial charge in [0.25, 0.3) is 5.91 Å². The van der Waals surface area contributed by atoms with Crippen molar-refractivity contribution in [2.24, 2.45) is 0 Å². The van der Waals surface area contributed by atoms with Gasteiger partial charge in [-0.25, -0.2) is 0 Å². The normalized spacial score (nSPS) is 10.4. The summed E-state index contributed by atoms with van der Waals surface area (Å²) in [5.41, 5.74) is 5.41. The zero-order valence-corrected chi connectivity index (χ0v) is 13.7. The fraction of sp³-hybridized carbons (Fsp3) is 0.316. The van der Waals surface area contributed by atoms with Crippen LogP contribution in [-0.4, -0.2) is 19.1 Å². The van der Waals surface area contributed by atoms with E-state index in [9.17, 15) is 4.79 Å². The molecule has 0 radical (unpaired) electrons. The standard InChI is InChI=1S/C19H23NO2/c1-13-5-7-17(8-6-13)19(21)20-9-10-22-18-12-15(3)14(2)11-16(18)4/h5-8,11-12H,9-10H2,1-4H3,(H,20,21). The van der Waals surface area contributed by atoms with Gasteiger partial charge in [-0.3, -0.25) is 4.79 Å². The summed E-state index contributed by atoms with van der Waals surface area (Å²) >= 11 is 0. The van der Waals surface area contributed by atoms with Crippen LogP contribution >= 0.6 is 0 Å². The topological polar surface area (TPSA) is 38.3 Å². The Kier molecular flexibility index (Phi) is 5.21. The zero-order chi connectivity index (χ0) is 16.1. The fourth-order valence-corrected chi connectivity index (χ4v) is 2.22. The van der Waals surface area contributed by atoms with E-state index in [0.29, 0.717) is 18.7 Å². The number of ether oxygens (including phenoxy) is 1. The lowest BCUT2D eigenvalue weighted by Crippen LogP contribution is -2.28. The molecule has 2 aromatic carbocycles. The lowest BCUT2D eigenvalue weighted by Gasteiger charge is -2.12. The van der Waals surface area contributed by atoms with E-state index in [-0.39, 0.29) is 5.91 Å². The monoisotopic (exact) mass is 297 g/mol. The van der Waals surface area contributed by atoms with Crippen LogP contribution in [0.4, 0.5) is 0 Å². The zero-order valence-electron chi connectivity index (χ0n) is 13.7. The lowest BCUT2D eigenvalue weighted by molar-refractivity contribution is 0.0947. The van der Waals surface area contributed by atoms with Crippen molar-refractivity contribution in [3.8, 4) is 5.75 Å². The SMILES string of the molecule is Cc1ccc(C(=O)NCCOc2cc(C)c(C)cc2C)cc1. The molecule has 0 fully saturated rings. The van der Waals surface area contributed by atoms with Crippen LogP contribution in [0.1, 0.15) is 32.6 Å². The summed E-state index contributed by atoms with van der Waals surface area (Å²) in [5.74, 6) is 0.813. The van der Waals surface area contributed by atoms with Crippen molar-refractivity contribution in [1.82, 2.24) is 5.32 Å². The molecule has 116 valence electrons. The van der Waals surface area contributed by atoms with Gasteiger partial charge < -0.3 is 10.1 Å². The Morgan fingerprint density at radius 2 is 1.59 bits per heavy atom. The number of aryl methyl sites for hydroxylation is 4. The van der Waals surface area contributed by atoms with Crippen molar-refractivity contribution in [1.29, 1.82) is 0 Å². The first kappa shape index (κ1) is 16.1. The van der Waals surface area contributed by atoms with Crippen molar-refractivity contribution in [3.05, 3.63) is 64.2 Å². The molecule has 22 heavy (non-hydrogen) atoms. The highest BCUT2D eigenvalue weighted by atomic mass is 16.5. The van der Waals surface area contributed by atoms with E-state index < -0.39 is 0 Å². The molecule has 0 aliphatic carbocycles. The van der Waals surface area contributed by atoms with Gasteiger partial charge in [-0.2, -0.15) is 0 Å². The third-order valence-electron chi connectivity index (χ3n) is 3.75. The first-order valence-electron chi connectivity index (χ1n) is 7.53. The van der Waals surface area contributed by atoms with Crippen LogP contribution in [0.3, 0.4) is 0 Å². The summed E-state index contributed by atoms with van der Waals surface area (Å²) < 4.78 is 5.76. The molecule has 0 spiro atoms.